The lowest BCUT2D eigenvalue weighted by Gasteiger charge is -2.38. The van der Waals surface area contributed by atoms with E-state index >= 15 is 0 Å². The van der Waals surface area contributed by atoms with E-state index < -0.39 is 5.82 Å². The van der Waals surface area contributed by atoms with Gasteiger partial charge < -0.3 is 15.1 Å². The van der Waals surface area contributed by atoms with Crippen LogP contribution in [0, 0.1) is 17.7 Å². The monoisotopic (exact) mass is 376 g/mol. The van der Waals surface area contributed by atoms with Crippen molar-refractivity contribution in [3.8, 4) is 0 Å². The zero-order valence-corrected chi connectivity index (χ0v) is 16.2. The molecular weight excluding hydrogens is 347 g/mol. The van der Waals surface area contributed by atoms with E-state index in [9.17, 15) is 14.0 Å². The first kappa shape index (κ1) is 19.6. The van der Waals surface area contributed by atoms with Gasteiger partial charge in [-0.3, -0.25) is 9.69 Å². The summed E-state index contributed by atoms with van der Waals surface area (Å²) in [4.78, 5) is 30.7. The number of likely N-dealkylation sites (tertiary alicyclic amines) is 1. The summed E-state index contributed by atoms with van der Waals surface area (Å²) in [6, 6.07) is 5.84. The van der Waals surface area contributed by atoms with Crippen LogP contribution in [0.3, 0.4) is 0 Å². The number of amides is 3. The number of piperidine rings is 1. The number of rotatable bonds is 3. The second kappa shape index (κ2) is 8.69. The molecular formula is C20H29FN4O2. The zero-order chi connectivity index (χ0) is 19.4. The summed E-state index contributed by atoms with van der Waals surface area (Å²) in [6.45, 7) is 8.84. The zero-order valence-electron chi connectivity index (χ0n) is 16.2. The van der Waals surface area contributed by atoms with Crippen molar-refractivity contribution < 1.29 is 14.0 Å². The molecule has 7 heteroatoms. The molecule has 2 fully saturated rings. The third kappa shape index (κ3) is 5.19. The van der Waals surface area contributed by atoms with Crippen LogP contribution in [0.2, 0.25) is 0 Å². The minimum absolute atomic E-state index is 0.178. The minimum atomic E-state index is -0.444. The number of urea groups is 1. The van der Waals surface area contributed by atoms with Crippen LogP contribution in [0.25, 0.3) is 0 Å². The molecule has 0 spiro atoms. The standard InChI is InChI=1S/C20H29FN4O2/c1-15-11-16(2)13-25(12-15)19(26)14-23-7-9-24(10-8-23)20(27)22-18-6-4-3-5-17(18)21/h3-6,15-16H,7-14H2,1-2H3,(H,22,27). The molecule has 0 saturated carbocycles. The molecule has 2 unspecified atom stereocenters. The van der Waals surface area contributed by atoms with Crippen molar-refractivity contribution >= 4 is 17.6 Å². The number of piperazine rings is 1. The summed E-state index contributed by atoms with van der Waals surface area (Å²) in [6.07, 6.45) is 1.18. The SMILES string of the molecule is CC1CC(C)CN(C(=O)CN2CCN(C(=O)Nc3ccccc3F)CC2)C1. The summed E-state index contributed by atoms with van der Waals surface area (Å²) in [5, 5.41) is 2.62. The van der Waals surface area contributed by atoms with Crippen molar-refractivity contribution in [3.05, 3.63) is 30.1 Å². The lowest BCUT2D eigenvalue weighted by molar-refractivity contribution is -0.135. The highest BCUT2D eigenvalue weighted by Gasteiger charge is 2.28. The first-order valence-corrected chi connectivity index (χ1v) is 9.73. The number of benzene rings is 1. The van der Waals surface area contributed by atoms with Crippen molar-refractivity contribution in [2.45, 2.75) is 20.3 Å². The fourth-order valence-corrected chi connectivity index (χ4v) is 4.02. The number of anilines is 1. The molecule has 148 valence electrons. The Morgan fingerprint density at radius 3 is 2.30 bits per heavy atom. The van der Waals surface area contributed by atoms with Gasteiger partial charge in [0.2, 0.25) is 5.91 Å². The highest BCUT2D eigenvalue weighted by molar-refractivity contribution is 5.89. The smallest absolute Gasteiger partial charge is 0.322 e. The molecule has 1 N–H and O–H groups in total. The predicted octanol–water partition coefficient (Wildman–Crippen LogP) is 2.48. The normalized spacial score (nSPS) is 24.0. The van der Waals surface area contributed by atoms with Crippen LogP contribution in [0.1, 0.15) is 20.3 Å². The van der Waals surface area contributed by atoms with Gasteiger partial charge in [-0.2, -0.15) is 0 Å². The molecule has 1 aromatic carbocycles. The van der Waals surface area contributed by atoms with Gasteiger partial charge in [0.25, 0.3) is 0 Å². The Hall–Kier alpha value is -2.15. The van der Waals surface area contributed by atoms with Crippen LogP contribution in [0.5, 0.6) is 0 Å². The number of nitrogens with zero attached hydrogens (tertiary/aromatic N) is 3. The molecule has 2 aliphatic rings. The number of nitrogens with one attached hydrogen (secondary N) is 1. The van der Waals surface area contributed by atoms with E-state index in [1.165, 1.54) is 12.5 Å². The van der Waals surface area contributed by atoms with E-state index in [1.807, 2.05) is 4.90 Å². The number of carbonyl (C=O) groups excluding carboxylic acids is 2. The number of halogens is 1. The van der Waals surface area contributed by atoms with E-state index in [-0.39, 0.29) is 17.6 Å². The Bertz CT molecular complexity index is 666. The van der Waals surface area contributed by atoms with Crippen LogP contribution in [0.4, 0.5) is 14.9 Å². The van der Waals surface area contributed by atoms with E-state index in [4.69, 9.17) is 0 Å². The molecule has 3 amide bonds. The molecule has 2 aliphatic heterocycles. The molecule has 3 rings (SSSR count). The quantitative estimate of drug-likeness (QED) is 0.882. The van der Waals surface area contributed by atoms with Crippen molar-refractivity contribution in [1.82, 2.24) is 14.7 Å². The van der Waals surface area contributed by atoms with Crippen molar-refractivity contribution in [2.75, 3.05) is 51.1 Å². The van der Waals surface area contributed by atoms with Crippen LogP contribution >= 0.6 is 0 Å². The Morgan fingerprint density at radius 2 is 1.67 bits per heavy atom. The lowest BCUT2D eigenvalue weighted by atomic mass is 9.92. The number of hydrogen-bond donors (Lipinski definition) is 1. The third-order valence-corrected chi connectivity index (χ3v) is 5.36. The Kier molecular flexibility index (Phi) is 6.31. The summed E-state index contributed by atoms with van der Waals surface area (Å²) in [5.41, 5.74) is 0.188. The first-order valence-electron chi connectivity index (χ1n) is 9.73. The van der Waals surface area contributed by atoms with Gasteiger partial charge in [0.05, 0.1) is 12.2 Å². The van der Waals surface area contributed by atoms with Gasteiger partial charge in [-0.1, -0.05) is 26.0 Å². The average Bonchev–Trinajstić information content (AvgIpc) is 2.63. The van der Waals surface area contributed by atoms with E-state index in [0.29, 0.717) is 44.6 Å². The Labute approximate surface area is 160 Å². The molecule has 0 aliphatic carbocycles. The topological polar surface area (TPSA) is 55.9 Å². The maximum absolute atomic E-state index is 13.7. The number of hydrogen-bond acceptors (Lipinski definition) is 3. The highest BCUT2D eigenvalue weighted by atomic mass is 19.1. The second-order valence-corrected chi connectivity index (χ2v) is 7.92. The molecule has 2 saturated heterocycles. The third-order valence-electron chi connectivity index (χ3n) is 5.36. The summed E-state index contributed by atoms with van der Waals surface area (Å²) in [7, 11) is 0. The molecule has 2 atom stereocenters. The van der Waals surface area contributed by atoms with Gasteiger partial charge in [0, 0.05) is 39.3 Å². The van der Waals surface area contributed by atoms with Crippen molar-refractivity contribution in [3.63, 3.8) is 0 Å². The fourth-order valence-electron chi connectivity index (χ4n) is 4.02. The van der Waals surface area contributed by atoms with Gasteiger partial charge in [-0.05, 0) is 30.4 Å². The lowest BCUT2D eigenvalue weighted by Crippen LogP contribution is -2.53. The number of carbonyl (C=O) groups is 2. The highest BCUT2D eigenvalue weighted by Crippen LogP contribution is 2.21. The molecule has 0 aromatic heterocycles. The summed E-state index contributed by atoms with van der Waals surface area (Å²) < 4.78 is 13.7. The summed E-state index contributed by atoms with van der Waals surface area (Å²) >= 11 is 0. The largest absolute Gasteiger partial charge is 0.341 e. The van der Waals surface area contributed by atoms with E-state index in [0.717, 1.165) is 13.1 Å². The summed E-state index contributed by atoms with van der Waals surface area (Å²) in [5.74, 6) is 0.839. The molecule has 0 bridgehead atoms. The Balaban J connectivity index is 1.45. The van der Waals surface area contributed by atoms with Crippen LogP contribution in [-0.4, -0.2) is 72.5 Å². The molecule has 6 nitrogen and oxygen atoms in total. The van der Waals surface area contributed by atoms with Gasteiger partial charge >= 0.3 is 6.03 Å². The van der Waals surface area contributed by atoms with Crippen LogP contribution in [0.15, 0.2) is 24.3 Å². The number of para-hydroxylation sites is 1. The maximum atomic E-state index is 13.7. The van der Waals surface area contributed by atoms with Crippen LogP contribution in [-0.2, 0) is 4.79 Å². The molecule has 2 heterocycles. The minimum Gasteiger partial charge on any atom is -0.341 e. The van der Waals surface area contributed by atoms with Gasteiger partial charge in [-0.15, -0.1) is 0 Å². The van der Waals surface area contributed by atoms with Crippen molar-refractivity contribution in [1.29, 1.82) is 0 Å². The maximum Gasteiger partial charge on any atom is 0.322 e. The fraction of sp³-hybridized carbons (Fsp3) is 0.600. The van der Waals surface area contributed by atoms with Gasteiger partial charge in [-0.25, -0.2) is 9.18 Å². The average molecular weight is 376 g/mol. The van der Waals surface area contributed by atoms with E-state index in [2.05, 4.69) is 24.1 Å². The van der Waals surface area contributed by atoms with Gasteiger partial charge in [0.15, 0.2) is 0 Å². The van der Waals surface area contributed by atoms with Crippen LogP contribution < -0.4 is 5.32 Å². The predicted molar refractivity (Wildman–Crippen MR) is 103 cm³/mol. The molecule has 27 heavy (non-hydrogen) atoms. The molecule has 1 aromatic rings. The van der Waals surface area contributed by atoms with Crippen molar-refractivity contribution in [2.24, 2.45) is 11.8 Å². The van der Waals surface area contributed by atoms with Gasteiger partial charge in [0.1, 0.15) is 5.82 Å². The van der Waals surface area contributed by atoms with E-state index in [1.54, 1.807) is 23.1 Å². The Morgan fingerprint density at radius 1 is 1.04 bits per heavy atom. The second-order valence-electron chi connectivity index (χ2n) is 7.92. The first-order chi connectivity index (χ1) is 12.9. The molecule has 0 radical (unpaired) electrons.